The van der Waals surface area contributed by atoms with Crippen LogP contribution in [0.15, 0.2) is 18.2 Å². The van der Waals surface area contributed by atoms with E-state index in [4.69, 9.17) is 4.74 Å². The van der Waals surface area contributed by atoms with E-state index in [-0.39, 0.29) is 12.5 Å². The van der Waals surface area contributed by atoms with Crippen LogP contribution < -0.4 is 5.32 Å². The molecule has 33 heavy (non-hydrogen) atoms. The lowest BCUT2D eigenvalue weighted by atomic mass is 10.1. The molecule has 3 heterocycles. The second kappa shape index (κ2) is 9.81. The van der Waals surface area contributed by atoms with Gasteiger partial charge in [0.1, 0.15) is 5.82 Å². The third-order valence-electron chi connectivity index (χ3n) is 5.27. The first-order valence-corrected chi connectivity index (χ1v) is 10.9. The van der Waals surface area contributed by atoms with Crippen LogP contribution in [0.1, 0.15) is 58.2 Å². The zero-order valence-corrected chi connectivity index (χ0v) is 20.2. The van der Waals surface area contributed by atoms with Crippen molar-refractivity contribution in [2.75, 3.05) is 11.9 Å². The highest BCUT2D eigenvalue weighted by Crippen LogP contribution is 2.25. The Bertz CT molecular complexity index is 1220. The lowest BCUT2D eigenvalue weighted by Crippen LogP contribution is -2.14. The number of amides is 1. The maximum Gasteiger partial charge on any atom is 0.340 e. The number of aromatic nitrogens is 5. The fourth-order valence-electron chi connectivity index (χ4n) is 3.92. The van der Waals surface area contributed by atoms with E-state index in [0.29, 0.717) is 35.1 Å². The molecule has 0 fully saturated rings. The molecule has 0 atom stereocenters. The van der Waals surface area contributed by atoms with Gasteiger partial charge >= 0.3 is 5.97 Å². The van der Waals surface area contributed by atoms with Crippen LogP contribution in [0.3, 0.4) is 0 Å². The number of esters is 1. The number of nitrogens with one attached hydrogen (secondary N) is 1. The Kier molecular flexibility index (Phi) is 7.10. The van der Waals surface area contributed by atoms with Gasteiger partial charge in [0.15, 0.2) is 0 Å². The van der Waals surface area contributed by atoms with E-state index >= 15 is 0 Å². The number of carbonyl (C=O) groups is 2. The topological polar surface area (TPSA) is 104 Å². The van der Waals surface area contributed by atoms with Crippen LogP contribution in [0.2, 0.25) is 0 Å². The molecule has 0 bridgehead atoms. The molecule has 3 aromatic rings. The Morgan fingerprint density at radius 2 is 1.67 bits per heavy atom. The van der Waals surface area contributed by atoms with Crippen LogP contribution in [-0.4, -0.2) is 42.8 Å². The Hall–Kier alpha value is -3.75. The minimum Gasteiger partial charge on any atom is -0.462 e. The van der Waals surface area contributed by atoms with Crippen molar-refractivity contribution in [1.29, 1.82) is 0 Å². The fraction of sp³-hybridized carbons (Fsp3) is 0.375. The third-order valence-corrected chi connectivity index (χ3v) is 5.27. The maximum atomic E-state index is 12.8. The molecule has 9 nitrogen and oxygen atoms in total. The number of anilines is 1. The minimum absolute atomic E-state index is 0.280. The predicted molar refractivity (Wildman–Crippen MR) is 127 cm³/mol. The molecule has 0 saturated heterocycles. The molecule has 174 valence electrons. The van der Waals surface area contributed by atoms with Crippen LogP contribution in [0, 0.1) is 34.6 Å². The Labute approximate surface area is 193 Å². The number of hydrogen-bond donors (Lipinski definition) is 1. The highest BCUT2D eigenvalue weighted by molar-refractivity contribution is 6.03. The average Bonchev–Trinajstić information content (AvgIpc) is 3.21. The molecule has 3 aromatic heterocycles. The smallest absolute Gasteiger partial charge is 0.340 e. The number of carbonyl (C=O) groups excluding carboxylic acids is 2. The number of rotatable bonds is 7. The summed E-state index contributed by atoms with van der Waals surface area (Å²) >= 11 is 0. The lowest BCUT2D eigenvalue weighted by Gasteiger charge is -2.07. The van der Waals surface area contributed by atoms with Gasteiger partial charge in [-0.3, -0.25) is 4.79 Å². The van der Waals surface area contributed by atoms with E-state index in [0.717, 1.165) is 22.8 Å². The van der Waals surface area contributed by atoms with E-state index in [1.165, 1.54) is 10.8 Å². The van der Waals surface area contributed by atoms with E-state index in [1.807, 2.05) is 52.2 Å². The van der Waals surface area contributed by atoms with E-state index < -0.39 is 5.97 Å². The van der Waals surface area contributed by atoms with Crippen LogP contribution in [0.4, 0.5) is 5.82 Å². The quantitative estimate of drug-likeness (QED) is 0.433. The van der Waals surface area contributed by atoms with Crippen molar-refractivity contribution in [2.24, 2.45) is 0 Å². The standard InChI is InChI=1S/C24H30N6O3/c1-8-29-17(6)19(22(18(29)7)23(32)33-9-2)10-11-21(31)27-20-13-16(5)28-30(20)24-25-14(3)12-15(4)26-24/h10-13H,8-9H2,1-7H3,(H,27,31)/b11-10+. The third kappa shape index (κ3) is 5.02. The van der Waals surface area contributed by atoms with Crippen LogP contribution in [0.25, 0.3) is 12.0 Å². The summed E-state index contributed by atoms with van der Waals surface area (Å²) in [6.07, 6.45) is 3.05. The van der Waals surface area contributed by atoms with Gasteiger partial charge in [0.2, 0.25) is 5.91 Å². The normalized spacial score (nSPS) is 11.2. The van der Waals surface area contributed by atoms with Crippen molar-refractivity contribution >= 4 is 23.8 Å². The Morgan fingerprint density at radius 3 is 2.27 bits per heavy atom. The van der Waals surface area contributed by atoms with Gasteiger partial charge in [0.05, 0.1) is 17.9 Å². The molecule has 0 unspecified atom stereocenters. The number of aryl methyl sites for hydroxylation is 3. The molecule has 1 N–H and O–H groups in total. The summed E-state index contributed by atoms with van der Waals surface area (Å²) < 4.78 is 8.77. The molecule has 9 heteroatoms. The summed E-state index contributed by atoms with van der Waals surface area (Å²) in [4.78, 5) is 34.2. The first kappa shape index (κ1) is 23.9. The second-order valence-electron chi connectivity index (χ2n) is 7.78. The van der Waals surface area contributed by atoms with Crippen molar-refractivity contribution in [1.82, 2.24) is 24.3 Å². The highest BCUT2D eigenvalue weighted by Gasteiger charge is 2.22. The summed E-state index contributed by atoms with van der Waals surface area (Å²) in [5, 5.41) is 7.26. The van der Waals surface area contributed by atoms with E-state index in [1.54, 1.807) is 19.1 Å². The highest BCUT2D eigenvalue weighted by atomic mass is 16.5. The summed E-state index contributed by atoms with van der Waals surface area (Å²) in [6.45, 7) is 14.2. The van der Waals surface area contributed by atoms with Crippen molar-refractivity contribution in [3.63, 3.8) is 0 Å². The van der Waals surface area contributed by atoms with Gasteiger partial charge in [-0.05, 0) is 60.6 Å². The predicted octanol–water partition coefficient (Wildman–Crippen LogP) is 3.85. The summed E-state index contributed by atoms with van der Waals surface area (Å²) in [6, 6.07) is 3.62. The van der Waals surface area contributed by atoms with Gasteiger partial charge in [-0.1, -0.05) is 0 Å². The largest absolute Gasteiger partial charge is 0.462 e. The molecular weight excluding hydrogens is 420 g/mol. The van der Waals surface area contributed by atoms with Crippen LogP contribution in [-0.2, 0) is 16.1 Å². The van der Waals surface area contributed by atoms with Crippen LogP contribution in [0.5, 0.6) is 0 Å². The Morgan fingerprint density at radius 1 is 1.00 bits per heavy atom. The monoisotopic (exact) mass is 450 g/mol. The molecule has 3 rings (SSSR count). The van der Waals surface area contributed by atoms with Gasteiger partial charge < -0.3 is 14.6 Å². The van der Waals surface area contributed by atoms with Crippen molar-refractivity contribution in [3.05, 3.63) is 57.8 Å². The van der Waals surface area contributed by atoms with Crippen molar-refractivity contribution in [3.8, 4) is 5.95 Å². The zero-order chi connectivity index (χ0) is 24.3. The second-order valence-corrected chi connectivity index (χ2v) is 7.78. The molecule has 0 aliphatic heterocycles. The lowest BCUT2D eigenvalue weighted by molar-refractivity contribution is -0.111. The average molecular weight is 451 g/mol. The van der Waals surface area contributed by atoms with Gasteiger partial charge in [0.25, 0.3) is 5.95 Å². The molecule has 0 aromatic carbocycles. The summed E-state index contributed by atoms with van der Waals surface area (Å²) in [5.41, 5.74) is 5.19. The summed E-state index contributed by atoms with van der Waals surface area (Å²) in [5.74, 6) is 0.0791. The van der Waals surface area contributed by atoms with E-state index in [9.17, 15) is 9.59 Å². The maximum absolute atomic E-state index is 12.8. The van der Waals surface area contributed by atoms with Crippen molar-refractivity contribution in [2.45, 2.75) is 55.0 Å². The number of nitrogens with zero attached hydrogens (tertiary/aromatic N) is 5. The minimum atomic E-state index is -0.397. The SMILES string of the molecule is CCOC(=O)c1c(/C=C/C(=O)Nc2cc(C)nn2-c2nc(C)cc(C)n2)c(C)n(CC)c1C. The number of ether oxygens (including phenoxy) is 1. The van der Waals surface area contributed by atoms with E-state index in [2.05, 4.69) is 20.4 Å². The summed E-state index contributed by atoms with van der Waals surface area (Å²) in [7, 11) is 0. The molecule has 0 radical (unpaired) electrons. The van der Waals surface area contributed by atoms with Crippen molar-refractivity contribution < 1.29 is 14.3 Å². The zero-order valence-electron chi connectivity index (χ0n) is 20.2. The van der Waals surface area contributed by atoms with Gasteiger partial charge in [-0.15, -0.1) is 0 Å². The molecule has 0 spiro atoms. The van der Waals surface area contributed by atoms with Crippen LogP contribution >= 0.6 is 0 Å². The van der Waals surface area contributed by atoms with Gasteiger partial charge in [-0.25, -0.2) is 14.8 Å². The van der Waals surface area contributed by atoms with Gasteiger partial charge in [-0.2, -0.15) is 9.78 Å². The molecule has 1 amide bonds. The molecule has 0 aliphatic rings. The first-order chi connectivity index (χ1) is 15.7. The molecule has 0 saturated carbocycles. The van der Waals surface area contributed by atoms with Gasteiger partial charge in [0, 0.05) is 47.0 Å². The molecular formula is C24H30N6O3. The Balaban J connectivity index is 1.91. The number of hydrogen-bond acceptors (Lipinski definition) is 6. The first-order valence-electron chi connectivity index (χ1n) is 10.9. The molecule has 0 aliphatic carbocycles. The fourth-order valence-corrected chi connectivity index (χ4v) is 3.92.